The highest BCUT2D eigenvalue weighted by Crippen LogP contribution is 2.28. The third kappa shape index (κ3) is 2.21. The van der Waals surface area contributed by atoms with E-state index in [0.717, 1.165) is 19.7 Å². The molecule has 3 aromatic heterocycles. The van der Waals surface area contributed by atoms with Crippen LogP contribution in [0.5, 0.6) is 0 Å². The molecule has 3 aromatic rings. The molecule has 0 saturated carbocycles. The van der Waals surface area contributed by atoms with E-state index in [2.05, 4.69) is 21.0 Å². The van der Waals surface area contributed by atoms with Crippen LogP contribution in [0.3, 0.4) is 0 Å². The first-order valence-corrected chi connectivity index (χ1v) is 7.19. The zero-order valence-electron chi connectivity index (χ0n) is 9.45. The van der Waals surface area contributed by atoms with Gasteiger partial charge in [0, 0.05) is 23.1 Å². The summed E-state index contributed by atoms with van der Waals surface area (Å²) in [6.07, 6.45) is 3.72. The lowest BCUT2D eigenvalue weighted by molar-refractivity contribution is 0.181. The summed E-state index contributed by atoms with van der Waals surface area (Å²) in [7, 11) is 0. The summed E-state index contributed by atoms with van der Waals surface area (Å²) in [4.78, 5) is 1.16. The molecule has 0 saturated heterocycles. The number of hydrogen-bond donors (Lipinski definition) is 1. The maximum atomic E-state index is 10.3. The van der Waals surface area contributed by atoms with Crippen LogP contribution in [0.4, 0.5) is 0 Å². The molecule has 0 radical (unpaired) electrons. The molecule has 18 heavy (non-hydrogen) atoms. The molecule has 0 amide bonds. The molecule has 0 aromatic carbocycles. The van der Waals surface area contributed by atoms with Crippen molar-refractivity contribution < 1.29 is 5.11 Å². The quantitative estimate of drug-likeness (QED) is 0.802. The number of halogens is 1. The van der Waals surface area contributed by atoms with Crippen LogP contribution < -0.4 is 0 Å². The molecule has 3 rings (SSSR count). The normalized spacial score (nSPS) is 13.0. The van der Waals surface area contributed by atoms with E-state index in [0.29, 0.717) is 6.42 Å². The Morgan fingerprint density at radius 1 is 1.33 bits per heavy atom. The van der Waals surface area contributed by atoms with Crippen molar-refractivity contribution in [3.8, 4) is 0 Å². The number of fused-ring (bicyclic) bond motifs is 1. The SMILES string of the molecule is OC(Cc1ccc(Br)s1)c1cnn2ccccc12. The maximum Gasteiger partial charge on any atom is 0.0874 e. The Morgan fingerprint density at radius 3 is 3.00 bits per heavy atom. The largest absolute Gasteiger partial charge is 0.388 e. The van der Waals surface area contributed by atoms with Crippen molar-refractivity contribution in [2.45, 2.75) is 12.5 Å². The highest BCUT2D eigenvalue weighted by atomic mass is 79.9. The Kier molecular flexibility index (Phi) is 3.20. The van der Waals surface area contributed by atoms with E-state index in [9.17, 15) is 5.11 Å². The molecule has 0 aliphatic carbocycles. The summed E-state index contributed by atoms with van der Waals surface area (Å²) in [5.41, 5.74) is 1.83. The molecular formula is C13H11BrN2OS. The summed E-state index contributed by atoms with van der Waals surface area (Å²) in [5, 5.41) is 14.5. The number of nitrogens with zero attached hydrogens (tertiary/aromatic N) is 2. The highest BCUT2D eigenvalue weighted by molar-refractivity contribution is 9.11. The van der Waals surface area contributed by atoms with Crippen LogP contribution >= 0.6 is 27.3 Å². The molecule has 0 bridgehead atoms. The van der Waals surface area contributed by atoms with Crippen molar-refractivity contribution in [1.29, 1.82) is 0 Å². The van der Waals surface area contributed by atoms with E-state index in [1.165, 1.54) is 0 Å². The first kappa shape index (κ1) is 11.9. The van der Waals surface area contributed by atoms with Crippen LogP contribution in [0.15, 0.2) is 46.5 Å². The molecule has 1 unspecified atom stereocenters. The molecule has 0 aliphatic heterocycles. The average Bonchev–Trinajstić information content (AvgIpc) is 2.95. The third-order valence-electron chi connectivity index (χ3n) is 2.84. The number of rotatable bonds is 3. The molecule has 0 aliphatic rings. The molecule has 92 valence electrons. The monoisotopic (exact) mass is 322 g/mol. The highest BCUT2D eigenvalue weighted by Gasteiger charge is 2.14. The minimum Gasteiger partial charge on any atom is -0.388 e. The number of aliphatic hydroxyl groups excluding tert-OH is 1. The van der Waals surface area contributed by atoms with Gasteiger partial charge >= 0.3 is 0 Å². The minimum absolute atomic E-state index is 0.518. The maximum absolute atomic E-state index is 10.3. The molecule has 5 heteroatoms. The van der Waals surface area contributed by atoms with Gasteiger partial charge in [0.05, 0.1) is 21.6 Å². The second kappa shape index (κ2) is 4.84. The lowest BCUT2D eigenvalue weighted by atomic mass is 10.1. The van der Waals surface area contributed by atoms with Crippen molar-refractivity contribution in [3.05, 3.63) is 57.0 Å². The second-order valence-electron chi connectivity index (χ2n) is 4.06. The van der Waals surface area contributed by atoms with E-state index in [1.807, 2.05) is 36.5 Å². The van der Waals surface area contributed by atoms with Gasteiger partial charge in [0.2, 0.25) is 0 Å². The number of aliphatic hydroxyl groups is 1. The van der Waals surface area contributed by atoms with Crippen molar-refractivity contribution in [3.63, 3.8) is 0 Å². The second-order valence-corrected chi connectivity index (χ2v) is 6.60. The Balaban J connectivity index is 1.90. The fourth-order valence-electron chi connectivity index (χ4n) is 1.97. The lowest BCUT2D eigenvalue weighted by Gasteiger charge is -2.07. The fourth-order valence-corrected chi connectivity index (χ4v) is 3.49. The molecular weight excluding hydrogens is 312 g/mol. The van der Waals surface area contributed by atoms with Crippen LogP contribution in [0.25, 0.3) is 5.52 Å². The van der Waals surface area contributed by atoms with Crippen molar-refractivity contribution in [1.82, 2.24) is 9.61 Å². The molecule has 1 atom stereocenters. The fraction of sp³-hybridized carbons (Fsp3) is 0.154. The van der Waals surface area contributed by atoms with Crippen LogP contribution in [-0.2, 0) is 6.42 Å². The number of hydrogen-bond acceptors (Lipinski definition) is 3. The van der Waals surface area contributed by atoms with Gasteiger partial charge in [0.1, 0.15) is 0 Å². The van der Waals surface area contributed by atoms with E-state index < -0.39 is 6.10 Å². The van der Waals surface area contributed by atoms with Gasteiger partial charge in [-0.15, -0.1) is 11.3 Å². The summed E-state index contributed by atoms with van der Waals surface area (Å²) in [6.45, 7) is 0. The van der Waals surface area contributed by atoms with Crippen LogP contribution in [-0.4, -0.2) is 14.7 Å². The Bertz CT molecular complexity index is 676. The summed E-state index contributed by atoms with van der Waals surface area (Å²) >= 11 is 5.08. The van der Waals surface area contributed by atoms with Gasteiger partial charge in [0.15, 0.2) is 0 Å². The first-order valence-electron chi connectivity index (χ1n) is 5.58. The molecule has 0 spiro atoms. The number of aromatic nitrogens is 2. The first-order chi connectivity index (χ1) is 8.74. The standard InChI is InChI=1S/C13H11BrN2OS/c14-13-5-4-9(18-13)7-12(17)10-8-15-16-6-2-1-3-11(10)16/h1-6,8,12,17H,7H2. The van der Waals surface area contributed by atoms with E-state index in [-0.39, 0.29) is 0 Å². The predicted molar refractivity (Wildman–Crippen MR) is 75.9 cm³/mol. The topological polar surface area (TPSA) is 37.5 Å². The van der Waals surface area contributed by atoms with Crippen molar-refractivity contribution in [2.75, 3.05) is 0 Å². The van der Waals surface area contributed by atoms with Gasteiger partial charge < -0.3 is 5.11 Å². The Hall–Kier alpha value is -1.17. The molecule has 1 N–H and O–H groups in total. The van der Waals surface area contributed by atoms with Gasteiger partial charge in [-0.3, -0.25) is 0 Å². The molecule has 0 fully saturated rings. The lowest BCUT2D eigenvalue weighted by Crippen LogP contribution is -2.00. The van der Waals surface area contributed by atoms with Crippen molar-refractivity contribution in [2.24, 2.45) is 0 Å². The van der Waals surface area contributed by atoms with Crippen molar-refractivity contribution >= 4 is 32.8 Å². The molecule has 3 heterocycles. The van der Waals surface area contributed by atoms with Gasteiger partial charge in [0.25, 0.3) is 0 Å². The van der Waals surface area contributed by atoms with Crippen LogP contribution in [0.1, 0.15) is 16.5 Å². The average molecular weight is 323 g/mol. The van der Waals surface area contributed by atoms with Gasteiger partial charge in [-0.2, -0.15) is 5.10 Å². The van der Waals surface area contributed by atoms with Gasteiger partial charge in [-0.1, -0.05) is 6.07 Å². The van der Waals surface area contributed by atoms with E-state index in [1.54, 1.807) is 22.0 Å². The predicted octanol–water partition coefficient (Wildman–Crippen LogP) is 3.43. The zero-order chi connectivity index (χ0) is 12.5. The van der Waals surface area contributed by atoms with Crippen LogP contribution in [0.2, 0.25) is 0 Å². The van der Waals surface area contributed by atoms with E-state index in [4.69, 9.17) is 0 Å². The van der Waals surface area contributed by atoms with Crippen LogP contribution in [0, 0.1) is 0 Å². The zero-order valence-corrected chi connectivity index (χ0v) is 11.9. The summed E-state index contributed by atoms with van der Waals surface area (Å²) < 4.78 is 2.87. The number of pyridine rings is 1. The number of thiophene rings is 1. The summed E-state index contributed by atoms with van der Waals surface area (Å²) in [6, 6.07) is 9.88. The minimum atomic E-state index is -0.518. The Morgan fingerprint density at radius 2 is 2.22 bits per heavy atom. The smallest absolute Gasteiger partial charge is 0.0874 e. The molecule has 3 nitrogen and oxygen atoms in total. The third-order valence-corrected chi connectivity index (χ3v) is 4.48. The Labute approximate surface area is 117 Å². The van der Waals surface area contributed by atoms with Gasteiger partial charge in [-0.25, -0.2) is 4.52 Å². The summed E-state index contributed by atoms with van der Waals surface area (Å²) in [5.74, 6) is 0. The van der Waals surface area contributed by atoms with E-state index >= 15 is 0 Å². The van der Waals surface area contributed by atoms with Gasteiger partial charge in [-0.05, 0) is 40.2 Å².